The summed E-state index contributed by atoms with van der Waals surface area (Å²) in [4.78, 5) is 32.0. The number of aryl methyl sites for hydroxylation is 3. The minimum absolute atomic E-state index is 0.0726. The number of piperidine rings is 1. The van der Waals surface area contributed by atoms with Crippen LogP contribution >= 0.6 is 0 Å². The highest BCUT2D eigenvalue weighted by Gasteiger charge is 2.30. The maximum absolute atomic E-state index is 14.7. The summed E-state index contributed by atoms with van der Waals surface area (Å²) in [5.41, 5.74) is 3.77. The first-order valence-corrected chi connectivity index (χ1v) is 18.7. The number of hydrogen-bond donors (Lipinski definition) is 0. The molecule has 1 fully saturated rings. The van der Waals surface area contributed by atoms with Gasteiger partial charge in [0, 0.05) is 29.7 Å². The summed E-state index contributed by atoms with van der Waals surface area (Å²) >= 11 is 0. The summed E-state index contributed by atoms with van der Waals surface area (Å²) < 4.78 is 69.8. The van der Waals surface area contributed by atoms with Gasteiger partial charge in [-0.2, -0.15) is 13.2 Å². The Morgan fingerprint density at radius 2 is 1.46 bits per heavy atom. The van der Waals surface area contributed by atoms with Gasteiger partial charge >= 0.3 is 6.18 Å². The summed E-state index contributed by atoms with van der Waals surface area (Å²) in [5.74, 6) is -2.04. The second kappa shape index (κ2) is 17.1. The van der Waals surface area contributed by atoms with Gasteiger partial charge < -0.3 is 14.4 Å². The Labute approximate surface area is 313 Å². The highest BCUT2D eigenvalue weighted by atomic mass is 19.4. The van der Waals surface area contributed by atoms with Gasteiger partial charge in [0.2, 0.25) is 5.91 Å². The number of carbonyl (C=O) groups excluding carboxylic acids is 1. The zero-order chi connectivity index (χ0) is 38.4. The zero-order valence-electron chi connectivity index (χ0n) is 30.8. The Hall–Kier alpha value is -4.83. The third-order valence-electron chi connectivity index (χ3n) is 10.4. The molecule has 0 radical (unpaired) electrons. The Bertz CT molecular complexity index is 2120. The molecular weight excluding hydrogens is 697 g/mol. The van der Waals surface area contributed by atoms with Crippen molar-refractivity contribution < 1.29 is 26.7 Å². The van der Waals surface area contributed by atoms with Crippen LogP contribution in [-0.2, 0) is 43.3 Å². The van der Waals surface area contributed by atoms with Gasteiger partial charge in [-0.05, 0) is 130 Å². The van der Waals surface area contributed by atoms with Gasteiger partial charge in [-0.3, -0.25) is 9.59 Å². The molecular formula is C44H46F5N3O2. The second-order valence-electron chi connectivity index (χ2n) is 14.5. The van der Waals surface area contributed by atoms with Gasteiger partial charge in [0.15, 0.2) is 17.1 Å². The molecule has 1 amide bonds. The normalized spacial score (nSPS) is 13.9. The van der Waals surface area contributed by atoms with Crippen molar-refractivity contribution in [3.63, 3.8) is 0 Å². The monoisotopic (exact) mass is 743 g/mol. The number of fused-ring (bicyclic) bond motifs is 1. The number of pyridine rings is 1. The SMILES string of the molecule is CC(C)N(Cc1ccc(-c2ccc(C(F)(F)F)cc2)cc1)C(=O)Cn1c(CCc2cccc(F)c2F)cc(=O)c2ccc(CCCN3CCCCC3)cc21. The molecule has 0 saturated carbocycles. The predicted octanol–water partition coefficient (Wildman–Crippen LogP) is 9.61. The molecule has 4 aromatic carbocycles. The topological polar surface area (TPSA) is 45.6 Å². The molecule has 1 aliphatic rings. The molecule has 1 saturated heterocycles. The molecule has 1 aromatic heterocycles. The molecule has 6 rings (SSSR count). The van der Waals surface area contributed by atoms with Crippen molar-refractivity contribution in [2.24, 2.45) is 0 Å². The number of hydrogen-bond acceptors (Lipinski definition) is 3. The van der Waals surface area contributed by atoms with Crippen LogP contribution < -0.4 is 5.43 Å². The van der Waals surface area contributed by atoms with Crippen molar-refractivity contribution in [3.05, 3.63) is 141 Å². The molecule has 0 spiro atoms. The molecule has 54 heavy (non-hydrogen) atoms. The number of aromatic nitrogens is 1. The number of halogens is 5. The van der Waals surface area contributed by atoms with Crippen molar-refractivity contribution in [1.29, 1.82) is 0 Å². The summed E-state index contributed by atoms with van der Waals surface area (Å²) in [6, 6.07) is 23.5. The lowest BCUT2D eigenvalue weighted by atomic mass is 10.0. The van der Waals surface area contributed by atoms with E-state index in [9.17, 15) is 31.5 Å². The Kier molecular flexibility index (Phi) is 12.3. The lowest BCUT2D eigenvalue weighted by Gasteiger charge is -2.29. The van der Waals surface area contributed by atoms with Crippen LogP contribution in [0.1, 0.15) is 67.5 Å². The number of carbonyl (C=O) groups is 1. The van der Waals surface area contributed by atoms with Gasteiger partial charge in [-0.25, -0.2) is 8.78 Å². The van der Waals surface area contributed by atoms with E-state index in [1.54, 1.807) is 4.90 Å². The second-order valence-corrected chi connectivity index (χ2v) is 14.5. The molecule has 10 heteroatoms. The van der Waals surface area contributed by atoms with Crippen LogP contribution in [0.4, 0.5) is 22.0 Å². The maximum atomic E-state index is 14.7. The van der Waals surface area contributed by atoms with E-state index in [1.807, 2.05) is 60.9 Å². The van der Waals surface area contributed by atoms with Crippen molar-refractivity contribution in [2.75, 3.05) is 19.6 Å². The van der Waals surface area contributed by atoms with Crippen LogP contribution in [0.25, 0.3) is 22.0 Å². The number of likely N-dealkylation sites (tertiary alicyclic amines) is 1. The fraction of sp³-hybridized carbons (Fsp3) is 0.364. The summed E-state index contributed by atoms with van der Waals surface area (Å²) in [7, 11) is 0. The maximum Gasteiger partial charge on any atom is 0.416 e. The Morgan fingerprint density at radius 1 is 0.796 bits per heavy atom. The van der Waals surface area contributed by atoms with E-state index in [-0.39, 0.29) is 48.9 Å². The molecule has 1 aliphatic heterocycles. The third kappa shape index (κ3) is 9.45. The number of alkyl halides is 3. The quantitative estimate of drug-likeness (QED) is 0.113. The van der Waals surface area contributed by atoms with E-state index in [1.165, 1.54) is 49.6 Å². The van der Waals surface area contributed by atoms with Gasteiger partial charge in [0.25, 0.3) is 0 Å². The first-order chi connectivity index (χ1) is 25.9. The fourth-order valence-corrected chi connectivity index (χ4v) is 7.35. The van der Waals surface area contributed by atoms with Crippen molar-refractivity contribution in [3.8, 4) is 11.1 Å². The molecule has 0 atom stereocenters. The van der Waals surface area contributed by atoms with Crippen molar-refractivity contribution in [2.45, 2.75) is 84.1 Å². The Morgan fingerprint density at radius 3 is 2.13 bits per heavy atom. The number of benzene rings is 4. The first kappa shape index (κ1) is 38.9. The van der Waals surface area contributed by atoms with E-state index in [0.717, 1.165) is 67.4 Å². The van der Waals surface area contributed by atoms with Gasteiger partial charge in [0.05, 0.1) is 11.1 Å². The summed E-state index contributed by atoms with van der Waals surface area (Å²) in [6.07, 6.45) is 1.44. The Balaban J connectivity index is 1.26. The van der Waals surface area contributed by atoms with Crippen LogP contribution in [0.15, 0.2) is 95.8 Å². The number of rotatable bonds is 13. The fourth-order valence-electron chi connectivity index (χ4n) is 7.35. The lowest BCUT2D eigenvalue weighted by molar-refractivity contribution is -0.137. The number of nitrogens with zero attached hydrogens (tertiary/aromatic N) is 3. The average Bonchev–Trinajstić information content (AvgIpc) is 3.16. The van der Waals surface area contributed by atoms with Crippen LogP contribution in [0.2, 0.25) is 0 Å². The minimum atomic E-state index is -4.41. The molecule has 5 aromatic rings. The molecule has 0 bridgehead atoms. The number of amides is 1. The molecule has 0 unspecified atom stereocenters. The molecule has 0 aliphatic carbocycles. The van der Waals surface area contributed by atoms with Gasteiger partial charge in [-0.15, -0.1) is 0 Å². The van der Waals surface area contributed by atoms with Crippen molar-refractivity contribution in [1.82, 2.24) is 14.4 Å². The van der Waals surface area contributed by atoms with Gasteiger partial charge in [-0.1, -0.05) is 61.0 Å². The first-order valence-electron chi connectivity index (χ1n) is 18.7. The van der Waals surface area contributed by atoms with Crippen molar-refractivity contribution >= 4 is 16.8 Å². The van der Waals surface area contributed by atoms with Crippen LogP contribution in [-0.4, -0.2) is 46.0 Å². The summed E-state index contributed by atoms with van der Waals surface area (Å²) in [5, 5.41) is 0.484. The lowest BCUT2D eigenvalue weighted by Crippen LogP contribution is -2.39. The van der Waals surface area contributed by atoms with Crippen LogP contribution in [0, 0.1) is 11.6 Å². The smallest absolute Gasteiger partial charge is 0.335 e. The molecule has 5 nitrogen and oxygen atoms in total. The van der Waals surface area contributed by atoms with E-state index in [4.69, 9.17) is 0 Å². The molecule has 284 valence electrons. The third-order valence-corrected chi connectivity index (χ3v) is 10.4. The molecule has 0 N–H and O–H groups in total. The van der Waals surface area contributed by atoms with E-state index < -0.39 is 23.4 Å². The van der Waals surface area contributed by atoms with E-state index in [0.29, 0.717) is 22.2 Å². The van der Waals surface area contributed by atoms with Crippen LogP contribution in [0.5, 0.6) is 0 Å². The standard InChI is InChI=1S/C44H46F5N3O2/c1-30(2)51(28-32-11-14-33(15-12-32)34-16-19-36(20-17-34)44(47,48)49)42(54)29-52-37(21-18-35-9-6-10-39(45)43(35)46)27-41(53)38-22-13-31(26-40(38)52)8-7-25-50-23-4-3-5-24-50/h6,9-17,19-20,22,26-27,30H,3-5,7-8,18,21,23-25,28-29H2,1-2H3. The largest absolute Gasteiger partial charge is 0.416 e. The van der Waals surface area contributed by atoms with Crippen LogP contribution in [0.3, 0.4) is 0 Å². The summed E-state index contributed by atoms with van der Waals surface area (Å²) in [6.45, 7) is 7.29. The highest BCUT2D eigenvalue weighted by molar-refractivity contribution is 5.83. The van der Waals surface area contributed by atoms with E-state index >= 15 is 0 Å². The highest BCUT2D eigenvalue weighted by Crippen LogP contribution is 2.31. The molecule has 2 heterocycles. The predicted molar refractivity (Wildman–Crippen MR) is 203 cm³/mol. The van der Waals surface area contributed by atoms with E-state index in [2.05, 4.69) is 4.90 Å². The minimum Gasteiger partial charge on any atom is -0.335 e. The zero-order valence-corrected chi connectivity index (χ0v) is 30.8. The average molecular weight is 744 g/mol. The van der Waals surface area contributed by atoms with Gasteiger partial charge in [0.1, 0.15) is 6.54 Å².